The van der Waals surface area contributed by atoms with E-state index in [1.807, 2.05) is 29.0 Å². The maximum absolute atomic E-state index is 6.33. The van der Waals surface area contributed by atoms with Crippen LogP contribution in [0.4, 0.5) is 5.69 Å². The second-order valence-corrected chi connectivity index (χ2v) is 5.35. The van der Waals surface area contributed by atoms with Gasteiger partial charge in [-0.15, -0.1) is 0 Å². The fraction of sp³-hybridized carbons (Fsp3) is 0.118. The highest BCUT2D eigenvalue weighted by Gasteiger charge is 2.08. The molecule has 0 spiro atoms. The lowest BCUT2D eigenvalue weighted by atomic mass is 10.1. The van der Waals surface area contributed by atoms with Gasteiger partial charge in [-0.05, 0) is 24.6 Å². The number of aryl methyl sites for hydroxylation is 1. The van der Waals surface area contributed by atoms with Crippen molar-refractivity contribution >= 4 is 17.3 Å². The number of halogens is 1. The van der Waals surface area contributed by atoms with Gasteiger partial charge in [-0.3, -0.25) is 0 Å². The number of nitrogens with one attached hydrogen (secondary N) is 1. The summed E-state index contributed by atoms with van der Waals surface area (Å²) in [6.45, 7) is 2.84. The maximum atomic E-state index is 6.33. The summed E-state index contributed by atoms with van der Waals surface area (Å²) in [5.74, 6) is 0. The molecule has 2 aromatic carbocycles. The third kappa shape index (κ3) is 3.09. The van der Waals surface area contributed by atoms with Crippen molar-refractivity contribution in [3.63, 3.8) is 0 Å². The third-order valence-corrected chi connectivity index (χ3v) is 3.66. The summed E-state index contributed by atoms with van der Waals surface area (Å²) in [6.07, 6.45) is 5.38. The number of imidazole rings is 1. The smallest absolute Gasteiger partial charge is 0.0992 e. The van der Waals surface area contributed by atoms with Crippen molar-refractivity contribution in [2.45, 2.75) is 13.5 Å². The van der Waals surface area contributed by atoms with Gasteiger partial charge in [0.1, 0.15) is 0 Å². The third-order valence-electron chi connectivity index (χ3n) is 3.35. The number of para-hydroxylation sites is 1. The molecule has 21 heavy (non-hydrogen) atoms. The average Bonchev–Trinajstić information content (AvgIpc) is 3.00. The predicted molar refractivity (Wildman–Crippen MR) is 87.1 cm³/mol. The quantitative estimate of drug-likeness (QED) is 0.771. The van der Waals surface area contributed by atoms with Crippen LogP contribution >= 0.6 is 11.6 Å². The first kappa shape index (κ1) is 13.7. The van der Waals surface area contributed by atoms with Gasteiger partial charge in [-0.25, -0.2) is 4.98 Å². The summed E-state index contributed by atoms with van der Waals surface area (Å²) in [5.41, 5.74) is 4.41. The largest absolute Gasteiger partial charge is 0.379 e. The Morgan fingerprint density at radius 2 is 1.95 bits per heavy atom. The van der Waals surface area contributed by atoms with E-state index >= 15 is 0 Å². The Kier molecular flexibility index (Phi) is 3.93. The predicted octanol–water partition coefficient (Wildman–Crippen LogP) is 4.45. The first-order chi connectivity index (χ1) is 10.2. The van der Waals surface area contributed by atoms with E-state index in [2.05, 4.69) is 41.5 Å². The SMILES string of the molecule is Cc1ccc(CNc2cccc(Cl)c2-n2ccnc2)cc1. The Hall–Kier alpha value is -2.26. The summed E-state index contributed by atoms with van der Waals surface area (Å²) < 4.78 is 1.92. The van der Waals surface area contributed by atoms with E-state index in [0.29, 0.717) is 5.02 Å². The molecule has 4 heteroatoms. The van der Waals surface area contributed by atoms with Crippen LogP contribution in [0.25, 0.3) is 5.69 Å². The molecule has 0 aliphatic rings. The fourth-order valence-electron chi connectivity index (χ4n) is 2.22. The number of hydrogen-bond acceptors (Lipinski definition) is 2. The summed E-state index contributed by atoms with van der Waals surface area (Å²) >= 11 is 6.33. The second-order valence-electron chi connectivity index (χ2n) is 4.95. The van der Waals surface area contributed by atoms with Gasteiger partial charge in [-0.2, -0.15) is 0 Å². The molecule has 0 amide bonds. The normalized spacial score (nSPS) is 10.6. The van der Waals surface area contributed by atoms with Gasteiger partial charge in [0, 0.05) is 18.9 Å². The van der Waals surface area contributed by atoms with Crippen molar-refractivity contribution in [1.82, 2.24) is 9.55 Å². The molecule has 3 aromatic rings. The van der Waals surface area contributed by atoms with Crippen LogP contribution in [0.2, 0.25) is 5.02 Å². The van der Waals surface area contributed by atoms with Gasteiger partial charge in [0.05, 0.1) is 22.7 Å². The zero-order valence-corrected chi connectivity index (χ0v) is 12.5. The Labute approximate surface area is 129 Å². The number of rotatable bonds is 4. The van der Waals surface area contributed by atoms with Crippen molar-refractivity contribution in [2.24, 2.45) is 0 Å². The first-order valence-corrected chi connectivity index (χ1v) is 7.18. The molecule has 1 N–H and O–H groups in total. The van der Waals surface area contributed by atoms with Gasteiger partial charge >= 0.3 is 0 Å². The Balaban J connectivity index is 1.86. The highest BCUT2D eigenvalue weighted by atomic mass is 35.5. The van der Waals surface area contributed by atoms with Gasteiger partial charge in [0.2, 0.25) is 0 Å². The molecule has 3 nitrogen and oxygen atoms in total. The van der Waals surface area contributed by atoms with Gasteiger partial charge < -0.3 is 9.88 Å². The number of aromatic nitrogens is 2. The number of anilines is 1. The first-order valence-electron chi connectivity index (χ1n) is 6.80. The zero-order valence-electron chi connectivity index (χ0n) is 11.8. The van der Waals surface area contributed by atoms with Gasteiger partial charge in [-0.1, -0.05) is 47.5 Å². The molecule has 1 aromatic heterocycles. The van der Waals surface area contributed by atoms with Crippen molar-refractivity contribution in [2.75, 3.05) is 5.32 Å². The highest BCUT2D eigenvalue weighted by molar-refractivity contribution is 6.33. The monoisotopic (exact) mass is 297 g/mol. The van der Waals surface area contributed by atoms with Crippen molar-refractivity contribution in [1.29, 1.82) is 0 Å². The molecule has 0 fully saturated rings. The lowest BCUT2D eigenvalue weighted by molar-refractivity contribution is 1.04. The molecule has 0 aliphatic heterocycles. The molecule has 0 radical (unpaired) electrons. The molecule has 0 unspecified atom stereocenters. The minimum atomic E-state index is 0.696. The lowest BCUT2D eigenvalue weighted by Crippen LogP contribution is -2.04. The van der Waals surface area contributed by atoms with Crippen LogP contribution in [0.1, 0.15) is 11.1 Å². The number of nitrogens with zero attached hydrogens (tertiary/aromatic N) is 2. The van der Waals surface area contributed by atoms with Crippen LogP contribution < -0.4 is 5.32 Å². The van der Waals surface area contributed by atoms with E-state index in [-0.39, 0.29) is 0 Å². The Morgan fingerprint density at radius 1 is 1.14 bits per heavy atom. The van der Waals surface area contributed by atoms with E-state index in [4.69, 9.17) is 11.6 Å². The summed E-state index contributed by atoms with van der Waals surface area (Å²) in [5, 5.41) is 4.14. The van der Waals surface area contributed by atoms with Crippen LogP contribution in [-0.2, 0) is 6.54 Å². The van der Waals surface area contributed by atoms with E-state index in [0.717, 1.165) is 17.9 Å². The van der Waals surface area contributed by atoms with E-state index in [9.17, 15) is 0 Å². The molecule has 0 saturated carbocycles. The van der Waals surface area contributed by atoms with Crippen LogP contribution in [0.3, 0.4) is 0 Å². The zero-order chi connectivity index (χ0) is 14.7. The van der Waals surface area contributed by atoms with Crippen molar-refractivity contribution in [3.05, 3.63) is 77.3 Å². The number of benzene rings is 2. The standard InChI is InChI=1S/C17H16ClN3/c1-13-5-7-14(8-6-13)11-20-16-4-2-3-15(18)17(16)21-10-9-19-12-21/h2-10,12,20H,11H2,1H3. The van der Waals surface area contributed by atoms with Crippen LogP contribution in [0, 0.1) is 6.92 Å². The molecule has 0 bridgehead atoms. The maximum Gasteiger partial charge on any atom is 0.0992 e. The minimum Gasteiger partial charge on any atom is -0.379 e. The molecule has 0 aliphatic carbocycles. The van der Waals surface area contributed by atoms with E-state index < -0.39 is 0 Å². The summed E-state index contributed by atoms with van der Waals surface area (Å²) in [6, 6.07) is 14.3. The minimum absolute atomic E-state index is 0.696. The van der Waals surface area contributed by atoms with Crippen molar-refractivity contribution in [3.8, 4) is 5.69 Å². The molecule has 0 atom stereocenters. The van der Waals surface area contributed by atoms with E-state index in [1.165, 1.54) is 11.1 Å². The second kappa shape index (κ2) is 6.02. The summed E-state index contributed by atoms with van der Waals surface area (Å²) in [4.78, 5) is 4.09. The van der Waals surface area contributed by atoms with Gasteiger partial charge in [0.25, 0.3) is 0 Å². The molecular weight excluding hydrogens is 282 g/mol. The van der Waals surface area contributed by atoms with Crippen LogP contribution in [0.15, 0.2) is 61.2 Å². The molecule has 3 rings (SSSR count). The van der Waals surface area contributed by atoms with Crippen molar-refractivity contribution < 1.29 is 0 Å². The molecule has 0 saturated heterocycles. The molecule has 106 valence electrons. The van der Waals surface area contributed by atoms with Gasteiger partial charge in [0.15, 0.2) is 0 Å². The molecule has 1 heterocycles. The number of hydrogen-bond donors (Lipinski definition) is 1. The average molecular weight is 298 g/mol. The van der Waals surface area contributed by atoms with Crippen LogP contribution in [-0.4, -0.2) is 9.55 Å². The Bertz CT molecular complexity index is 718. The van der Waals surface area contributed by atoms with E-state index in [1.54, 1.807) is 12.5 Å². The lowest BCUT2D eigenvalue weighted by Gasteiger charge is -2.14. The fourth-order valence-corrected chi connectivity index (χ4v) is 2.49. The Morgan fingerprint density at radius 3 is 2.67 bits per heavy atom. The molecular formula is C17H16ClN3. The van der Waals surface area contributed by atoms with Crippen LogP contribution in [0.5, 0.6) is 0 Å². The topological polar surface area (TPSA) is 29.9 Å². The highest BCUT2D eigenvalue weighted by Crippen LogP contribution is 2.28. The summed E-state index contributed by atoms with van der Waals surface area (Å²) in [7, 11) is 0.